The largest absolute Gasteiger partial charge is 0.348 e. The average molecular weight is 375 g/mol. The molecule has 28 heavy (non-hydrogen) atoms. The molecule has 6 heteroatoms. The van der Waals surface area contributed by atoms with Crippen LogP contribution in [0.25, 0.3) is 10.8 Å². The summed E-state index contributed by atoms with van der Waals surface area (Å²) in [4.78, 5) is 25.5. The van der Waals surface area contributed by atoms with E-state index in [1.54, 1.807) is 12.4 Å². The molecule has 1 N–H and O–H groups in total. The SMILES string of the molecule is CC(NC(=O)CN1CCN(c2ncccn2)CC1)c1ccc2ccccc2c1. The average Bonchev–Trinajstić information content (AvgIpc) is 2.74. The highest BCUT2D eigenvalue weighted by molar-refractivity contribution is 5.83. The van der Waals surface area contributed by atoms with Gasteiger partial charge in [0.05, 0.1) is 12.6 Å². The smallest absolute Gasteiger partial charge is 0.234 e. The topological polar surface area (TPSA) is 61.4 Å². The van der Waals surface area contributed by atoms with Crippen LogP contribution in [0.4, 0.5) is 5.95 Å². The van der Waals surface area contributed by atoms with E-state index in [4.69, 9.17) is 0 Å². The van der Waals surface area contributed by atoms with Crippen LogP contribution in [0.1, 0.15) is 18.5 Å². The van der Waals surface area contributed by atoms with Crippen molar-refractivity contribution < 1.29 is 4.79 Å². The summed E-state index contributed by atoms with van der Waals surface area (Å²) in [6, 6.07) is 16.4. The summed E-state index contributed by atoms with van der Waals surface area (Å²) in [5.74, 6) is 0.821. The Bertz CT molecular complexity index is 938. The number of fused-ring (bicyclic) bond motifs is 1. The molecular weight excluding hydrogens is 350 g/mol. The third kappa shape index (κ3) is 4.28. The van der Waals surface area contributed by atoms with Crippen molar-refractivity contribution in [3.63, 3.8) is 0 Å². The van der Waals surface area contributed by atoms with Crippen molar-refractivity contribution in [1.29, 1.82) is 0 Å². The van der Waals surface area contributed by atoms with E-state index in [0.29, 0.717) is 6.54 Å². The first kappa shape index (κ1) is 18.4. The van der Waals surface area contributed by atoms with Crippen LogP contribution in [-0.2, 0) is 4.79 Å². The van der Waals surface area contributed by atoms with E-state index in [2.05, 4.69) is 55.4 Å². The van der Waals surface area contributed by atoms with Crippen LogP contribution in [0.5, 0.6) is 0 Å². The molecule has 1 aliphatic rings. The molecular formula is C22H25N5O. The van der Waals surface area contributed by atoms with Crippen LogP contribution in [0.3, 0.4) is 0 Å². The second-order valence-electron chi connectivity index (χ2n) is 7.21. The third-order valence-electron chi connectivity index (χ3n) is 5.23. The number of amides is 1. The molecule has 0 spiro atoms. The lowest BCUT2D eigenvalue weighted by atomic mass is 10.0. The Hall–Kier alpha value is -2.99. The summed E-state index contributed by atoms with van der Waals surface area (Å²) in [7, 11) is 0. The van der Waals surface area contributed by atoms with Crippen molar-refractivity contribution in [1.82, 2.24) is 20.2 Å². The summed E-state index contributed by atoms with van der Waals surface area (Å²) in [6.45, 7) is 5.77. The van der Waals surface area contributed by atoms with Crippen LogP contribution in [-0.4, -0.2) is 53.5 Å². The molecule has 1 atom stereocenters. The van der Waals surface area contributed by atoms with Gasteiger partial charge in [0.25, 0.3) is 0 Å². The van der Waals surface area contributed by atoms with Gasteiger partial charge in [-0.2, -0.15) is 0 Å². The van der Waals surface area contributed by atoms with Crippen molar-refractivity contribution in [3.8, 4) is 0 Å². The number of carbonyl (C=O) groups is 1. The predicted octanol–water partition coefficient (Wildman–Crippen LogP) is 2.63. The molecule has 1 aliphatic heterocycles. The zero-order chi connectivity index (χ0) is 19.3. The van der Waals surface area contributed by atoms with Gasteiger partial charge in [-0.3, -0.25) is 9.69 Å². The van der Waals surface area contributed by atoms with E-state index in [0.717, 1.165) is 37.7 Å². The van der Waals surface area contributed by atoms with Gasteiger partial charge in [-0.1, -0.05) is 36.4 Å². The van der Waals surface area contributed by atoms with Gasteiger partial charge < -0.3 is 10.2 Å². The minimum Gasteiger partial charge on any atom is -0.348 e. The van der Waals surface area contributed by atoms with Gasteiger partial charge in [-0.25, -0.2) is 9.97 Å². The van der Waals surface area contributed by atoms with E-state index in [1.165, 1.54) is 10.8 Å². The van der Waals surface area contributed by atoms with Crippen LogP contribution in [0.2, 0.25) is 0 Å². The van der Waals surface area contributed by atoms with Crippen molar-refractivity contribution in [3.05, 3.63) is 66.5 Å². The van der Waals surface area contributed by atoms with Crippen molar-refractivity contribution in [2.24, 2.45) is 0 Å². The first-order valence-electron chi connectivity index (χ1n) is 9.71. The summed E-state index contributed by atoms with van der Waals surface area (Å²) in [5.41, 5.74) is 1.12. The number of hydrogen-bond donors (Lipinski definition) is 1. The van der Waals surface area contributed by atoms with E-state index >= 15 is 0 Å². The molecule has 6 nitrogen and oxygen atoms in total. The van der Waals surface area contributed by atoms with Gasteiger partial charge in [-0.15, -0.1) is 0 Å². The second-order valence-corrected chi connectivity index (χ2v) is 7.21. The number of anilines is 1. The fourth-order valence-corrected chi connectivity index (χ4v) is 3.61. The molecule has 1 aromatic heterocycles. The summed E-state index contributed by atoms with van der Waals surface area (Å²) >= 11 is 0. The van der Waals surface area contributed by atoms with Crippen LogP contribution in [0, 0.1) is 0 Å². The number of aromatic nitrogens is 2. The molecule has 144 valence electrons. The highest BCUT2D eigenvalue weighted by atomic mass is 16.2. The van der Waals surface area contributed by atoms with Crippen molar-refractivity contribution >= 4 is 22.6 Å². The number of rotatable bonds is 5. The van der Waals surface area contributed by atoms with Gasteiger partial charge in [-0.05, 0) is 35.4 Å². The summed E-state index contributed by atoms with van der Waals surface area (Å²) in [6.07, 6.45) is 3.52. The molecule has 0 radical (unpaired) electrons. The van der Waals surface area contributed by atoms with Crippen molar-refractivity contribution in [2.45, 2.75) is 13.0 Å². The highest BCUT2D eigenvalue weighted by Crippen LogP contribution is 2.20. The maximum Gasteiger partial charge on any atom is 0.234 e. The lowest BCUT2D eigenvalue weighted by Gasteiger charge is -2.34. The van der Waals surface area contributed by atoms with Crippen LogP contribution < -0.4 is 10.2 Å². The summed E-state index contributed by atoms with van der Waals surface area (Å²) < 4.78 is 0. The molecule has 2 heterocycles. The van der Waals surface area contributed by atoms with E-state index in [1.807, 2.05) is 25.1 Å². The predicted molar refractivity (Wildman–Crippen MR) is 111 cm³/mol. The minimum atomic E-state index is -0.0175. The molecule has 4 rings (SSSR count). The number of piperazine rings is 1. The van der Waals surface area contributed by atoms with Crippen LogP contribution >= 0.6 is 0 Å². The standard InChI is InChI=1S/C22H25N5O/c1-17(19-8-7-18-5-2-3-6-20(18)15-19)25-21(28)16-26-11-13-27(14-12-26)22-23-9-4-10-24-22/h2-10,15,17H,11-14,16H2,1H3,(H,25,28). The van der Waals surface area contributed by atoms with Gasteiger partial charge in [0, 0.05) is 38.6 Å². The first-order chi connectivity index (χ1) is 13.7. The Kier molecular flexibility index (Phi) is 5.48. The number of nitrogens with zero attached hydrogens (tertiary/aromatic N) is 4. The Morgan fingerprint density at radius 1 is 1.00 bits per heavy atom. The number of nitrogens with one attached hydrogen (secondary N) is 1. The molecule has 1 saturated heterocycles. The molecule has 1 unspecified atom stereocenters. The molecule has 1 amide bonds. The normalized spacial score (nSPS) is 16.1. The Morgan fingerprint density at radius 3 is 2.46 bits per heavy atom. The monoisotopic (exact) mass is 375 g/mol. The van der Waals surface area contributed by atoms with Gasteiger partial charge in [0.2, 0.25) is 11.9 Å². The molecule has 0 bridgehead atoms. The van der Waals surface area contributed by atoms with E-state index in [-0.39, 0.29) is 11.9 Å². The number of carbonyl (C=O) groups excluding carboxylic acids is 1. The highest BCUT2D eigenvalue weighted by Gasteiger charge is 2.21. The quantitative estimate of drug-likeness (QED) is 0.743. The Balaban J connectivity index is 1.29. The second kappa shape index (κ2) is 8.35. The van der Waals surface area contributed by atoms with Gasteiger partial charge in [0.15, 0.2) is 0 Å². The molecule has 0 aliphatic carbocycles. The maximum absolute atomic E-state index is 12.5. The zero-order valence-electron chi connectivity index (χ0n) is 16.1. The lowest BCUT2D eigenvalue weighted by molar-refractivity contribution is -0.123. The Labute approximate surface area is 165 Å². The Morgan fingerprint density at radius 2 is 1.71 bits per heavy atom. The third-order valence-corrected chi connectivity index (χ3v) is 5.23. The molecule has 3 aromatic rings. The molecule has 2 aromatic carbocycles. The lowest BCUT2D eigenvalue weighted by Crippen LogP contribution is -2.50. The van der Waals surface area contributed by atoms with E-state index in [9.17, 15) is 4.79 Å². The van der Waals surface area contributed by atoms with E-state index < -0.39 is 0 Å². The zero-order valence-corrected chi connectivity index (χ0v) is 16.1. The van der Waals surface area contributed by atoms with Crippen LogP contribution in [0.15, 0.2) is 60.9 Å². The van der Waals surface area contributed by atoms with Crippen molar-refractivity contribution in [2.75, 3.05) is 37.6 Å². The fraction of sp³-hybridized carbons (Fsp3) is 0.318. The first-order valence-corrected chi connectivity index (χ1v) is 9.71. The maximum atomic E-state index is 12.5. The summed E-state index contributed by atoms with van der Waals surface area (Å²) in [5, 5.41) is 5.54. The molecule has 0 saturated carbocycles. The number of benzene rings is 2. The number of hydrogen-bond acceptors (Lipinski definition) is 5. The van der Waals surface area contributed by atoms with Gasteiger partial charge in [0.1, 0.15) is 0 Å². The molecule has 1 fully saturated rings. The minimum absolute atomic E-state index is 0.0175. The van der Waals surface area contributed by atoms with Gasteiger partial charge >= 0.3 is 0 Å². The fourth-order valence-electron chi connectivity index (χ4n) is 3.61.